The van der Waals surface area contributed by atoms with Crippen LogP contribution in [-0.2, 0) is 0 Å². The van der Waals surface area contributed by atoms with E-state index < -0.39 is 0 Å². The van der Waals surface area contributed by atoms with E-state index in [0.29, 0.717) is 0 Å². The first-order chi connectivity index (χ1) is 14.1. The van der Waals surface area contributed by atoms with Gasteiger partial charge in [-0.2, -0.15) is 0 Å². The van der Waals surface area contributed by atoms with Crippen LogP contribution in [0.3, 0.4) is 0 Å². The van der Waals surface area contributed by atoms with Gasteiger partial charge >= 0.3 is 0 Å². The average Bonchev–Trinajstić information content (AvgIpc) is 3.11. The predicted octanol–water partition coefficient (Wildman–Crippen LogP) is 3.63. The van der Waals surface area contributed by atoms with E-state index in [1.54, 1.807) is 6.33 Å². The Bertz CT molecular complexity index is 995. The van der Waals surface area contributed by atoms with Crippen molar-refractivity contribution in [1.29, 1.82) is 0 Å². The lowest BCUT2D eigenvalue weighted by molar-refractivity contribution is 0.0943. The molecule has 0 bridgehead atoms. The normalized spacial score (nSPS) is 16.2. The second kappa shape index (κ2) is 8.47. The molecule has 4 rings (SSSR count). The molecule has 0 spiro atoms. The van der Waals surface area contributed by atoms with Crippen LogP contribution in [0, 0.1) is 6.92 Å². The lowest BCUT2D eigenvalue weighted by Gasteiger charge is -2.35. The topological polar surface area (TPSA) is 61.4 Å². The number of hydrogen-bond acceptors (Lipinski definition) is 6. The second-order valence-corrected chi connectivity index (χ2v) is 8.46. The summed E-state index contributed by atoms with van der Waals surface area (Å²) in [6.45, 7) is 11.3. The molecule has 2 aromatic heterocycles. The maximum Gasteiger partial charge on any atom is 0.262 e. The molecule has 1 fully saturated rings. The molecule has 0 unspecified atom stereocenters. The Labute approximate surface area is 175 Å². The SMILES string of the molecule is CCN1CCN(c2ncnc3sc(C(=O)N[C@H](C)c4ccccc4)c(C)c23)CC1. The number of amides is 1. The van der Waals surface area contributed by atoms with Crippen LogP contribution in [0.1, 0.15) is 40.7 Å². The number of anilines is 1. The van der Waals surface area contributed by atoms with Gasteiger partial charge in [0.25, 0.3) is 5.91 Å². The minimum atomic E-state index is -0.0546. The summed E-state index contributed by atoms with van der Waals surface area (Å²) >= 11 is 1.45. The van der Waals surface area contributed by atoms with Gasteiger partial charge in [0.15, 0.2) is 0 Å². The number of rotatable bonds is 5. The van der Waals surface area contributed by atoms with Crippen molar-refractivity contribution >= 4 is 33.3 Å². The van der Waals surface area contributed by atoms with Gasteiger partial charge in [0, 0.05) is 26.2 Å². The first-order valence-corrected chi connectivity index (χ1v) is 11.0. The summed E-state index contributed by atoms with van der Waals surface area (Å²) in [5.74, 6) is 0.901. The third kappa shape index (κ3) is 3.97. The van der Waals surface area contributed by atoms with E-state index >= 15 is 0 Å². The Morgan fingerprint density at radius 3 is 2.59 bits per heavy atom. The van der Waals surface area contributed by atoms with E-state index in [2.05, 4.69) is 32.0 Å². The largest absolute Gasteiger partial charge is 0.353 e. The van der Waals surface area contributed by atoms with Crippen molar-refractivity contribution in [2.75, 3.05) is 37.6 Å². The highest BCUT2D eigenvalue weighted by Crippen LogP contribution is 2.35. The van der Waals surface area contributed by atoms with Crippen molar-refractivity contribution in [3.05, 3.63) is 52.7 Å². The van der Waals surface area contributed by atoms with E-state index in [-0.39, 0.29) is 11.9 Å². The van der Waals surface area contributed by atoms with Crippen molar-refractivity contribution in [3.63, 3.8) is 0 Å². The maximum absolute atomic E-state index is 13.0. The number of hydrogen-bond donors (Lipinski definition) is 1. The monoisotopic (exact) mass is 409 g/mol. The third-order valence-corrected chi connectivity index (χ3v) is 6.88. The Kier molecular flexibility index (Phi) is 5.78. The van der Waals surface area contributed by atoms with E-state index in [4.69, 9.17) is 0 Å². The van der Waals surface area contributed by atoms with E-state index in [1.165, 1.54) is 11.3 Å². The fourth-order valence-electron chi connectivity index (χ4n) is 3.87. The highest BCUT2D eigenvalue weighted by molar-refractivity contribution is 7.20. The molecule has 3 heterocycles. The quantitative estimate of drug-likeness (QED) is 0.697. The molecular formula is C22H27N5OS. The molecule has 3 aromatic rings. The smallest absolute Gasteiger partial charge is 0.262 e. The molecule has 1 aliphatic heterocycles. The lowest BCUT2D eigenvalue weighted by atomic mass is 10.1. The van der Waals surface area contributed by atoms with Gasteiger partial charge in [-0.1, -0.05) is 37.3 Å². The number of fused-ring (bicyclic) bond motifs is 1. The summed E-state index contributed by atoms with van der Waals surface area (Å²) in [6, 6.07) is 9.96. The van der Waals surface area contributed by atoms with Crippen LogP contribution >= 0.6 is 11.3 Å². The molecule has 152 valence electrons. The molecule has 0 radical (unpaired) electrons. The van der Waals surface area contributed by atoms with Crippen LogP contribution in [0.15, 0.2) is 36.7 Å². The van der Waals surface area contributed by atoms with Crippen molar-refractivity contribution < 1.29 is 4.79 Å². The van der Waals surface area contributed by atoms with Gasteiger partial charge in [-0.25, -0.2) is 9.97 Å². The number of piperazine rings is 1. The zero-order chi connectivity index (χ0) is 20.4. The molecule has 29 heavy (non-hydrogen) atoms. The zero-order valence-corrected chi connectivity index (χ0v) is 18.0. The van der Waals surface area contributed by atoms with E-state index in [0.717, 1.165) is 64.8 Å². The Balaban J connectivity index is 1.60. The minimum Gasteiger partial charge on any atom is -0.353 e. The van der Waals surface area contributed by atoms with Crippen LogP contribution in [0.2, 0.25) is 0 Å². The second-order valence-electron chi connectivity index (χ2n) is 7.46. The van der Waals surface area contributed by atoms with Crippen LogP contribution < -0.4 is 10.2 Å². The first-order valence-electron chi connectivity index (χ1n) is 10.2. The fraction of sp³-hybridized carbons (Fsp3) is 0.409. The standard InChI is InChI=1S/C22H27N5OS/c1-4-26-10-12-27(13-11-26)20-18-15(2)19(29-22(18)24-14-23-20)21(28)25-16(3)17-8-6-5-7-9-17/h5-9,14,16H,4,10-13H2,1-3H3,(H,25,28)/t16-/m1/s1. The summed E-state index contributed by atoms with van der Waals surface area (Å²) in [6.07, 6.45) is 1.62. The van der Waals surface area contributed by atoms with Crippen LogP contribution in [0.25, 0.3) is 10.2 Å². The molecule has 1 N–H and O–H groups in total. The van der Waals surface area contributed by atoms with Gasteiger partial charge in [0.2, 0.25) is 0 Å². The summed E-state index contributed by atoms with van der Waals surface area (Å²) < 4.78 is 0. The van der Waals surface area contributed by atoms with Crippen molar-refractivity contribution in [2.24, 2.45) is 0 Å². The number of benzene rings is 1. The van der Waals surface area contributed by atoms with Crippen LogP contribution in [0.4, 0.5) is 5.82 Å². The molecule has 7 heteroatoms. The van der Waals surface area contributed by atoms with Gasteiger partial charge in [-0.15, -0.1) is 11.3 Å². The summed E-state index contributed by atoms with van der Waals surface area (Å²) in [4.78, 5) is 28.4. The minimum absolute atomic E-state index is 0.0522. The molecule has 1 aliphatic rings. The molecule has 1 saturated heterocycles. The molecule has 1 amide bonds. The lowest BCUT2D eigenvalue weighted by Crippen LogP contribution is -2.46. The number of carbonyl (C=O) groups is 1. The third-order valence-electron chi connectivity index (χ3n) is 5.68. The number of aryl methyl sites for hydroxylation is 1. The summed E-state index contributed by atoms with van der Waals surface area (Å²) in [5.41, 5.74) is 2.06. The number of likely N-dealkylation sites (N-methyl/N-ethyl adjacent to an activating group) is 1. The molecule has 0 aliphatic carbocycles. The van der Waals surface area contributed by atoms with E-state index in [1.807, 2.05) is 44.2 Å². The number of carbonyl (C=O) groups excluding carboxylic acids is 1. The van der Waals surface area contributed by atoms with Gasteiger partial charge in [0.05, 0.1) is 16.3 Å². The van der Waals surface area contributed by atoms with Gasteiger partial charge in [-0.3, -0.25) is 4.79 Å². The van der Waals surface area contributed by atoms with Crippen molar-refractivity contribution in [1.82, 2.24) is 20.2 Å². The van der Waals surface area contributed by atoms with E-state index in [9.17, 15) is 4.79 Å². The summed E-state index contributed by atoms with van der Waals surface area (Å²) in [7, 11) is 0. The highest BCUT2D eigenvalue weighted by Gasteiger charge is 2.24. The number of aromatic nitrogens is 2. The Hall–Kier alpha value is -2.51. The van der Waals surface area contributed by atoms with Gasteiger partial charge in [0.1, 0.15) is 17.0 Å². The van der Waals surface area contributed by atoms with Crippen LogP contribution in [-0.4, -0.2) is 53.5 Å². The molecule has 0 saturated carbocycles. The van der Waals surface area contributed by atoms with Gasteiger partial charge < -0.3 is 15.1 Å². The maximum atomic E-state index is 13.0. The molecule has 1 aromatic carbocycles. The van der Waals surface area contributed by atoms with Crippen LogP contribution in [0.5, 0.6) is 0 Å². The molecule has 6 nitrogen and oxygen atoms in total. The zero-order valence-electron chi connectivity index (χ0n) is 17.2. The molecule has 1 atom stereocenters. The van der Waals surface area contributed by atoms with Crippen molar-refractivity contribution in [2.45, 2.75) is 26.8 Å². The number of nitrogens with one attached hydrogen (secondary N) is 1. The average molecular weight is 410 g/mol. The summed E-state index contributed by atoms with van der Waals surface area (Å²) in [5, 5.41) is 4.14. The fourth-order valence-corrected chi connectivity index (χ4v) is 4.92. The van der Waals surface area contributed by atoms with Crippen molar-refractivity contribution in [3.8, 4) is 0 Å². The Morgan fingerprint density at radius 1 is 1.17 bits per heavy atom. The number of thiophene rings is 1. The number of nitrogens with zero attached hydrogens (tertiary/aromatic N) is 4. The Morgan fingerprint density at radius 2 is 1.90 bits per heavy atom. The first kappa shape index (κ1) is 19.8. The van der Waals surface area contributed by atoms with Gasteiger partial charge in [-0.05, 0) is 31.5 Å². The predicted molar refractivity (Wildman–Crippen MR) is 119 cm³/mol. The highest BCUT2D eigenvalue weighted by atomic mass is 32.1. The molecular weight excluding hydrogens is 382 g/mol.